The van der Waals surface area contributed by atoms with E-state index in [9.17, 15) is 15.2 Å². The first kappa shape index (κ1) is 16.1. The number of phenolic OH excluding ortho intramolecular Hbond substituents is 1. The quantitative estimate of drug-likeness (QED) is 0.517. The SMILES string of the molecule is CN(/N=C\c1cc(Cl)cc(Cl)c1O)c1ccccc1[N+](=O)[O-]. The first-order valence-electron chi connectivity index (χ1n) is 6.09. The van der Waals surface area contributed by atoms with Crippen LogP contribution >= 0.6 is 23.2 Å². The molecule has 0 saturated carbocycles. The summed E-state index contributed by atoms with van der Waals surface area (Å²) < 4.78 is 0. The molecule has 0 fully saturated rings. The standard InChI is InChI=1S/C14H11Cl2N3O3/c1-18(12-4-2-3-5-13(12)19(21)22)17-8-9-6-10(15)7-11(16)14(9)20/h2-8,20H,1H3/b17-8-. The van der Waals surface area contributed by atoms with Crippen molar-refractivity contribution in [1.29, 1.82) is 0 Å². The molecule has 8 heteroatoms. The Morgan fingerprint density at radius 2 is 2.00 bits per heavy atom. The lowest BCUT2D eigenvalue weighted by Gasteiger charge is -2.13. The van der Waals surface area contributed by atoms with Gasteiger partial charge in [0.25, 0.3) is 5.69 Å². The summed E-state index contributed by atoms with van der Waals surface area (Å²) in [4.78, 5) is 10.5. The van der Waals surface area contributed by atoms with Crippen LogP contribution in [0, 0.1) is 10.1 Å². The zero-order valence-electron chi connectivity index (χ0n) is 11.4. The van der Waals surface area contributed by atoms with Gasteiger partial charge < -0.3 is 5.11 Å². The van der Waals surface area contributed by atoms with Crippen LogP contribution in [0.3, 0.4) is 0 Å². The number of hydrogen-bond donors (Lipinski definition) is 1. The molecule has 0 aliphatic heterocycles. The van der Waals surface area contributed by atoms with Crippen molar-refractivity contribution in [3.05, 3.63) is 62.1 Å². The number of nitrogens with zero attached hydrogens (tertiary/aromatic N) is 3. The first-order chi connectivity index (χ1) is 10.4. The van der Waals surface area contributed by atoms with E-state index in [0.29, 0.717) is 16.3 Å². The summed E-state index contributed by atoms with van der Waals surface area (Å²) in [5.74, 6) is -0.161. The second kappa shape index (κ2) is 6.64. The molecule has 0 bridgehead atoms. The van der Waals surface area contributed by atoms with E-state index in [2.05, 4.69) is 5.10 Å². The van der Waals surface area contributed by atoms with Gasteiger partial charge in [-0.05, 0) is 18.2 Å². The number of rotatable bonds is 4. The normalized spacial score (nSPS) is 10.9. The zero-order valence-corrected chi connectivity index (χ0v) is 12.9. The topological polar surface area (TPSA) is 79.0 Å². The fourth-order valence-electron chi connectivity index (χ4n) is 1.79. The van der Waals surface area contributed by atoms with Crippen LogP contribution in [-0.2, 0) is 0 Å². The molecule has 0 unspecified atom stereocenters. The molecule has 6 nitrogen and oxygen atoms in total. The van der Waals surface area contributed by atoms with E-state index in [1.54, 1.807) is 25.2 Å². The van der Waals surface area contributed by atoms with Gasteiger partial charge in [-0.2, -0.15) is 5.10 Å². The van der Waals surface area contributed by atoms with Crippen molar-refractivity contribution in [3.63, 3.8) is 0 Å². The minimum Gasteiger partial charge on any atom is -0.506 e. The molecular formula is C14H11Cl2N3O3. The molecule has 1 N–H and O–H groups in total. The molecule has 0 radical (unpaired) electrons. The van der Waals surface area contributed by atoms with E-state index in [4.69, 9.17) is 23.2 Å². The van der Waals surface area contributed by atoms with Crippen molar-refractivity contribution in [2.24, 2.45) is 5.10 Å². The lowest BCUT2D eigenvalue weighted by Crippen LogP contribution is -2.11. The van der Waals surface area contributed by atoms with Gasteiger partial charge >= 0.3 is 0 Å². The molecule has 0 heterocycles. The van der Waals surface area contributed by atoms with Gasteiger partial charge in [-0.25, -0.2) is 0 Å². The fraction of sp³-hybridized carbons (Fsp3) is 0.0714. The molecule has 0 atom stereocenters. The second-order valence-electron chi connectivity index (χ2n) is 4.34. The van der Waals surface area contributed by atoms with Gasteiger partial charge in [0, 0.05) is 23.7 Å². The average Bonchev–Trinajstić information content (AvgIpc) is 2.49. The van der Waals surface area contributed by atoms with E-state index in [0.717, 1.165) is 0 Å². The van der Waals surface area contributed by atoms with Crippen molar-refractivity contribution in [1.82, 2.24) is 0 Å². The summed E-state index contributed by atoms with van der Waals surface area (Å²) in [5.41, 5.74) is 0.551. The number of para-hydroxylation sites is 2. The Morgan fingerprint density at radius 1 is 1.32 bits per heavy atom. The molecule has 2 rings (SSSR count). The molecule has 0 saturated heterocycles. The van der Waals surface area contributed by atoms with Crippen molar-refractivity contribution in [2.75, 3.05) is 12.1 Å². The summed E-state index contributed by atoms with van der Waals surface area (Å²) in [6.45, 7) is 0. The molecule has 2 aromatic rings. The van der Waals surface area contributed by atoms with Gasteiger partial charge in [0.2, 0.25) is 0 Å². The van der Waals surface area contributed by atoms with Crippen LogP contribution in [0.4, 0.5) is 11.4 Å². The lowest BCUT2D eigenvalue weighted by molar-refractivity contribution is -0.384. The van der Waals surface area contributed by atoms with Gasteiger partial charge in [-0.1, -0.05) is 35.3 Å². The van der Waals surface area contributed by atoms with Gasteiger partial charge in [0.1, 0.15) is 11.4 Å². The number of phenols is 1. The predicted molar refractivity (Wildman–Crippen MR) is 87.2 cm³/mol. The van der Waals surface area contributed by atoms with E-state index in [-0.39, 0.29) is 16.5 Å². The monoisotopic (exact) mass is 339 g/mol. The highest BCUT2D eigenvalue weighted by Crippen LogP contribution is 2.31. The summed E-state index contributed by atoms with van der Waals surface area (Å²) in [6, 6.07) is 9.08. The number of anilines is 1. The summed E-state index contributed by atoms with van der Waals surface area (Å²) in [5, 5.41) is 26.7. The van der Waals surface area contributed by atoms with Crippen LogP contribution in [-0.4, -0.2) is 23.3 Å². The number of hydrogen-bond acceptors (Lipinski definition) is 5. The maximum Gasteiger partial charge on any atom is 0.294 e. The average molecular weight is 340 g/mol. The van der Waals surface area contributed by atoms with Crippen LogP contribution in [0.1, 0.15) is 5.56 Å². The third-order valence-corrected chi connectivity index (χ3v) is 3.36. The molecule has 0 aromatic heterocycles. The van der Waals surface area contributed by atoms with Gasteiger partial charge in [0.05, 0.1) is 16.2 Å². The Morgan fingerprint density at radius 3 is 2.68 bits per heavy atom. The smallest absolute Gasteiger partial charge is 0.294 e. The molecule has 0 amide bonds. The molecule has 0 aliphatic carbocycles. The summed E-state index contributed by atoms with van der Waals surface area (Å²) >= 11 is 11.7. The van der Waals surface area contributed by atoms with E-state index in [1.165, 1.54) is 29.4 Å². The Hall–Kier alpha value is -2.31. The van der Waals surface area contributed by atoms with Gasteiger partial charge in [-0.3, -0.25) is 15.1 Å². The highest BCUT2D eigenvalue weighted by molar-refractivity contribution is 6.36. The number of hydrazone groups is 1. The lowest BCUT2D eigenvalue weighted by atomic mass is 10.2. The fourth-order valence-corrected chi connectivity index (χ4v) is 2.30. The Kier molecular flexibility index (Phi) is 4.85. The van der Waals surface area contributed by atoms with Crippen LogP contribution in [0.15, 0.2) is 41.5 Å². The van der Waals surface area contributed by atoms with Gasteiger partial charge in [0.15, 0.2) is 0 Å². The molecule has 0 spiro atoms. The van der Waals surface area contributed by atoms with Crippen molar-refractivity contribution in [2.45, 2.75) is 0 Å². The number of nitro benzene ring substituents is 1. The van der Waals surface area contributed by atoms with E-state index < -0.39 is 4.92 Å². The Bertz CT molecular complexity index is 750. The number of aromatic hydroxyl groups is 1. The first-order valence-corrected chi connectivity index (χ1v) is 6.85. The molecule has 0 aliphatic rings. The third kappa shape index (κ3) is 3.47. The number of halogens is 2. The van der Waals surface area contributed by atoms with Crippen molar-refractivity contribution in [3.8, 4) is 5.75 Å². The minimum atomic E-state index is -0.491. The predicted octanol–water partition coefficient (Wildman–Crippen LogP) is 4.08. The molecule has 114 valence electrons. The number of nitro groups is 1. The van der Waals surface area contributed by atoms with Crippen molar-refractivity contribution >= 4 is 40.8 Å². The number of benzene rings is 2. The summed E-state index contributed by atoms with van der Waals surface area (Å²) in [6.07, 6.45) is 1.32. The molecule has 22 heavy (non-hydrogen) atoms. The minimum absolute atomic E-state index is 0.0736. The van der Waals surface area contributed by atoms with Crippen LogP contribution in [0.2, 0.25) is 10.0 Å². The van der Waals surface area contributed by atoms with Crippen molar-refractivity contribution < 1.29 is 10.0 Å². The second-order valence-corrected chi connectivity index (χ2v) is 5.18. The Labute approximate surface area is 136 Å². The molecule has 2 aromatic carbocycles. The molecular weight excluding hydrogens is 329 g/mol. The highest BCUT2D eigenvalue weighted by atomic mass is 35.5. The largest absolute Gasteiger partial charge is 0.506 e. The maximum absolute atomic E-state index is 11.0. The maximum atomic E-state index is 11.0. The third-order valence-electron chi connectivity index (χ3n) is 2.85. The van der Waals surface area contributed by atoms with E-state index >= 15 is 0 Å². The van der Waals surface area contributed by atoms with Crippen LogP contribution in [0.5, 0.6) is 5.75 Å². The zero-order chi connectivity index (χ0) is 16.3. The highest BCUT2D eigenvalue weighted by Gasteiger charge is 2.15. The van der Waals surface area contributed by atoms with Gasteiger partial charge in [-0.15, -0.1) is 0 Å². The summed E-state index contributed by atoms with van der Waals surface area (Å²) in [7, 11) is 1.56. The van der Waals surface area contributed by atoms with Crippen LogP contribution in [0.25, 0.3) is 0 Å². The Balaban J connectivity index is 2.33. The van der Waals surface area contributed by atoms with E-state index in [1.807, 2.05) is 0 Å². The van der Waals surface area contributed by atoms with Crippen LogP contribution < -0.4 is 5.01 Å².